The molecule has 1 atom stereocenters. The molecule has 1 fully saturated rings. The lowest BCUT2D eigenvalue weighted by Crippen LogP contribution is -2.43. The van der Waals surface area contributed by atoms with E-state index in [0.717, 1.165) is 49.9 Å². The molecule has 32 heavy (non-hydrogen) atoms. The van der Waals surface area contributed by atoms with Crippen LogP contribution in [-0.4, -0.2) is 79.6 Å². The normalized spacial score (nSPS) is 17.7. The zero-order chi connectivity index (χ0) is 22.5. The van der Waals surface area contributed by atoms with Crippen LogP contribution in [0.2, 0.25) is 0 Å². The monoisotopic (exact) mass is 460 g/mol. The third kappa shape index (κ3) is 5.70. The van der Waals surface area contributed by atoms with Crippen LogP contribution in [0.3, 0.4) is 0 Å². The number of rotatable bonds is 8. The van der Waals surface area contributed by atoms with E-state index >= 15 is 0 Å². The Morgan fingerprint density at radius 2 is 1.94 bits per heavy atom. The zero-order valence-corrected chi connectivity index (χ0v) is 19.6. The molecule has 0 unspecified atom stereocenters. The first kappa shape index (κ1) is 22.8. The topological polar surface area (TPSA) is 79.1 Å². The highest BCUT2D eigenvalue weighted by Crippen LogP contribution is 2.33. The average molecular weight is 461 g/mol. The van der Waals surface area contributed by atoms with E-state index in [-0.39, 0.29) is 11.7 Å². The number of hydrogen-bond acceptors (Lipinski definition) is 6. The molecule has 2 aliphatic heterocycles. The number of benzene rings is 1. The molecule has 0 bridgehead atoms. The van der Waals surface area contributed by atoms with Crippen LogP contribution in [-0.2, 0) is 11.3 Å². The summed E-state index contributed by atoms with van der Waals surface area (Å²) in [6, 6.07) is 5.68. The molecular weight excluding hydrogens is 428 g/mol. The number of aromatic amines is 1. The lowest BCUT2D eigenvalue weighted by Gasteiger charge is -2.27. The van der Waals surface area contributed by atoms with E-state index in [1.54, 1.807) is 0 Å². The number of hydrogen-bond donors (Lipinski definition) is 2. The Morgan fingerprint density at radius 1 is 1.16 bits per heavy atom. The third-order valence-corrected chi connectivity index (χ3v) is 6.17. The molecule has 1 saturated heterocycles. The van der Waals surface area contributed by atoms with Crippen LogP contribution >= 0.6 is 12.2 Å². The summed E-state index contributed by atoms with van der Waals surface area (Å²) in [5, 5.41) is 4.92. The number of nitrogens with one attached hydrogen (secondary N) is 2. The lowest BCUT2D eigenvalue weighted by molar-refractivity contribution is 0.113. The van der Waals surface area contributed by atoms with Crippen molar-refractivity contribution in [3.63, 3.8) is 0 Å². The number of thiocarbonyl (C=S) groups is 1. The van der Waals surface area contributed by atoms with Crippen molar-refractivity contribution in [1.29, 1.82) is 0 Å². The number of pyridine rings is 1. The van der Waals surface area contributed by atoms with Crippen molar-refractivity contribution in [1.82, 2.24) is 20.1 Å². The van der Waals surface area contributed by atoms with E-state index in [4.69, 9.17) is 26.4 Å². The molecule has 0 amide bonds. The van der Waals surface area contributed by atoms with Crippen molar-refractivity contribution in [2.45, 2.75) is 31.9 Å². The maximum absolute atomic E-state index is 12.9. The SMILES string of the molecule is CN(C)CCCN(Cc1cc2cc3c(cc2[nH]c1=O)OCCO3)C(=S)NC[C@H]1CCCO1. The van der Waals surface area contributed by atoms with Crippen molar-refractivity contribution in [3.05, 3.63) is 34.1 Å². The number of aromatic nitrogens is 1. The molecule has 0 spiro atoms. The van der Waals surface area contributed by atoms with Gasteiger partial charge in [-0.1, -0.05) is 0 Å². The molecule has 1 aromatic carbocycles. The summed E-state index contributed by atoms with van der Waals surface area (Å²) >= 11 is 5.70. The fourth-order valence-electron chi connectivity index (χ4n) is 4.06. The maximum Gasteiger partial charge on any atom is 0.253 e. The number of ether oxygens (including phenoxy) is 3. The number of nitrogens with zero attached hydrogens (tertiary/aromatic N) is 2. The largest absolute Gasteiger partial charge is 0.486 e. The first-order chi connectivity index (χ1) is 15.5. The van der Waals surface area contributed by atoms with Gasteiger partial charge in [0.1, 0.15) is 13.2 Å². The van der Waals surface area contributed by atoms with Crippen LogP contribution in [0.15, 0.2) is 23.0 Å². The van der Waals surface area contributed by atoms with Crippen molar-refractivity contribution in [3.8, 4) is 11.5 Å². The van der Waals surface area contributed by atoms with Gasteiger partial charge in [-0.25, -0.2) is 0 Å². The highest BCUT2D eigenvalue weighted by molar-refractivity contribution is 7.80. The molecule has 1 aromatic heterocycles. The minimum atomic E-state index is -0.117. The minimum absolute atomic E-state index is 0.117. The highest BCUT2D eigenvalue weighted by Gasteiger charge is 2.19. The Labute approximate surface area is 193 Å². The summed E-state index contributed by atoms with van der Waals surface area (Å²) in [5.74, 6) is 1.37. The van der Waals surface area contributed by atoms with Gasteiger partial charge in [0.05, 0.1) is 18.2 Å². The lowest BCUT2D eigenvalue weighted by atomic mass is 10.1. The predicted octanol–water partition coefficient (Wildman–Crippen LogP) is 2.11. The van der Waals surface area contributed by atoms with Crippen molar-refractivity contribution < 1.29 is 14.2 Å². The molecule has 0 saturated carbocycles. The van der Waals surface area contributed by atoms with E-state index in [2.05, 4.69) is 34.2 Å². The van der Waals surface area contributed by atoms with Gasteiger partial charge < -0.3 is 34.3 Å². The molecule has 0 aliphatic carbocycles. The van der Waals surface area contributed by atoms with Crippen LogP contribution in [0.25, 0.3) is 10.9 Å². The summed E-state index contributed by atoms with van der Waals surface area (Å²) in [6.45, 7) is 4.69. The van der Waals surface area contributed by atoms with Gasteiger partial charge in [-0.15, -0.1) is 0 Å². The van der Waals surface area contributed by atoms with Crippen molar-refractivity contribution in [2.75, 3.05) is 53.6 Å². The molecular formula is C23H32N4O4S. The van der Waals surface area contributed by atoms with E-state index in [0.29, 0.717) is 48.5 Å². The van der Waals surface area contributed by atoms with E-state index in [1.807, 2.05) is 18.2 Å². The molecule has 2 aliphatic rings. The van der Waals surface area contributed by atoms with Gasteiger partial charge in [0.25, 0.3) is 5.56 Å². The molecule has 0 radical (unpaired) electrons. The van der Waals surface area contributed by atoms with Crippen LogP contribution in [0.4, 0.5) is 0 Å². The molecule has 2 N–H and O–H groups in total. The van der Waals surface area contributed by atoms with Gasteiger partial charge >= 0.3 is 0 Å². The number of fused-ring (bicyclic) bond motifs is 2. The summed E-state index contributed by atoms with van der Waals surface area (Å²) in [5.41, 5.74) is 1.29. The van der Waals surface area contributed by atoms with E-state index < -0.39 is 0 Å². The summed E-state index contributed by atoms with van der Waals surface area (Å²) in [4.78, 5) is 20.1. The molecule has 174 valence electrons. The zero-order valence-electron chi connectivity index (χ0n) is 18.8. The van der Waals surface area contributed by atoms with Gasteiger partial charge in [-0.05, 0) is 64.3 Å². The Hall–Kier alpha value is -2.36. The van der Waals surface area contributed by atoms with Gasteiger partial charge in [0, 0.05) is 36.7 Å². The Kier molecular flexibility index (Phi) is 7.49. The second-order valence-electron chi connectivity index (χ2n) is 8.61. The molecule has 9 heteroatoms. The van der Waals surface area contributed by atoms with Gasteiger partial charge in [-0.3, -0.25) is 4.79 Å². The first-order valence-electron chi connectivity index (χ1n) is 11.2. The van der Waals surface area contributed by atoms with Crippen LogP contribution in [0.5, 0.6) is 11.5 Å². The third-order valence-electron chi connectivity index (χ3n) is 5.77. The Morgan fingerprint density at radius 3 is 2.66 bits per heavy atom. The molecule has 2 aromatic rings. The van der Waals surface area contributed by atoms with Crippen molar-refractivity contribution >= 4 is 28.2 Å². The van der Waals surface area contributed by atoms with Crippen LogP contribution in [0.1, 0.15) is 24.8 Å². The number of H-pyrrole nitrogens is 1. The molecule has 8 nitrogen and oxygen atoms in total. The summed E-state index contributed by atoms with van der Waals surface area (Å²) in [6.07, 6.45) is 3.29. The van der Waals surface area contributed by atoms with E-state index in [9.17, 15) is 4.79 Å². The van der Waals surface area contributed by atoms with Gasteiger partial charge in [0.15, 0.2) is 16.6 Å². The van der Waals surface area contributed by atoms with Crippen LogP contribution in [0, 0.1) is 0 Å². The fourth-order valence-corrected chi connectivity index (χ4v) is 4.30. The fraction of sp³-hybridized carbons (Fsp3) is 0.565. The maximum atomic E-state index is 12.9. The van der Waals surface area contributed by atoms with E-state index in [1.165, 1.54) is 0 Å². The summed E-state index contributed by atoms with van der Waals surface area (Å²) < 4.78 is 17.0. The highest BCUT2D eigenvalue weighted by atomic mass is 32.1. The predicted molar refractivity (Wildman–Crippen MR) is 129 cm³/mol. The average Bonchev–Trinajstić information content (AvgIpc) is 3.29. The minimum Gasteiger partial charge on any atom is -0.486 e. The smallest absolute Gasteiger partial charge is 0.253 e. The first-order valence-corrected chi connectivity index (χ1v) is 11.6. The quantitative estimate of drug-likeness (QED) is 0.580. The van der Waals surface area contributed by atoms with Crippen molar-refractivity contribution in [2.24, 2.45) is 0 Å². The Bertz CT molecular complexity index is 1000. The standard InChI is InChI=1S/C23H32N4O4S/c1-26(2)6-4-7-27(23(32)24-14-18-5-3-8-29-18)15-17-11-16-12-20-21(31-10-9-30-20)13-19(16)25-22(17)28/h11-13,18H,3-10,14-15H2,1-2H3,(H,24,32)(H,25,28)/t18-/m1/s1. The second-order valence-corrected chi connectivity index (χ2v) is 8.99. The molecule has 4 rings (SSSR count). The summed E-state index contributed by atoms with van der Waals surface area (Å²) in [7, 11) is 4.11. The van der Waals surface area contributed by atoms with Gasteiger partial charge in [0.2, 0.25) is 0 Å². The van der Waals surface area contributed by atoms with Gasteiger partial charge in [-0.2, -0.15) is 0 Å². The molecule has 3 heterocycles. The Balaban J connectivity index is 1.51. The second kappa shape index (κ2) is 10.5. The van der Waals surface area contributed by atoms with Crippen LogP contribution < -0.4 is 20.3 Å².